The predicted octanol–water partition coefficient (Wildman–Crippen LogP) is 6.33. The number of carbonyl (C=O) groups excluding carboxylic acids is 1. The average molecular weight is 405 g/mol. The van der Waals surface area contributed by atoms with Crippen LogP contribution in [-0.4, -0.2) is 17.1 Å². The van der Waals surface area contributed by atoms with Gasteiger partial charge in [-0.25, -0.2) is 0 Å². The molecule has 0 saturated heterocycles. The molecule has 0 unspecified atom stereocenters. The molecule has 26 heavy (non-hydrogen) atoms. The van der Waals surface area contributed by atoms with Crippen LogP contribution in [0.2, 0.25) is 15.1 Å². The number of hydrogen-bond acceptors (Lipinski definition) is 3. The molecule has 0 spiro atoms. The van der Waals surface area contributed by atoms with Crippen molar-refractivity contribution in [2.75, 3.05) is 0 Å². The average Bonchev–Trinajstić information content (AvgIpc) is 2.64. The molecule has 0 heterocycles. The smallest absolute Gasteiger partial charge is 0.195 e. The van der Waals surface area contributed by atoms with E-state index < -0.39 is 0 Å². The van der Waals surface area contributed by atoms with Crippen LogP contribution in [-0.2, 0) is 0 Å². The minimum absolute atomic E-state index is 0.121. The molecule has 3 rings (SSSR count). The Morgan fingerprint density at radius 3 is 2.38 bits per heavy atom. The van der Waals surface area contributed by atoms with Crippen LogP contribution >= 0.6 is 34.8 Å². The van der Waals surface area contributed by atoms with Crippen molar-refractivity contribution in [3.05, 3.63) is 92.4 Å². The van der Waals surface area contributed by atoms with Gasteiger partial charge in [0.05, 0.1) is 10.7 Å². The highest BCUT2D eigenvalue weighted by molar-refractivity contribution is 6.36. The summed E-state index contributed by atoms with van der Waals surface area (Å²) in [5.41, 5.74) is 1.64. The van der Waals surface area contributed by atoms with Crippen molar-refractivity contribution >= 4 is 52.5 Å². The van der Waals surface area contributed by atoms with Gasteiger partial charge in [0, 0.05) is 33.0 Å². The second-order valence-corrected chi connectivity index (χ2v) is 6.72. The highest BCUT2D eigenvalue weighted by Gasteiger charge is 2.14. The van der Waals surface area contributed by atoms with E-state index >= 15 is 0 Å². The summed E-state index contributed by atoms with van der Waals surface area (Å²) < 4.78 is 0. The summed E-state index contributed by atoms with van der Waals surface area (Å²) in [6.07, 6.45) is 1.40. The lowest BCUT2D eigenvalue weighted by atomic mass is 10.0. The summed E-state index contributed by atoms with van der Waals surface area (Å²) in [5, 5.41) is 10.9. The zero-order valence-electron chi connectivity index (χ0n) is 13.3. The van der Waals surface area contributed by atoms with Crippen molar-refractivity contribution in [2.45, 2.75) is 0 Å². The zero-order valence-corrected chi connectivity index (χ0v) is 15.6. The topological polar surface area (TPSA) is 49.7 Å². The first-order valence-corrected chi connectivity index (χ1v) is 8.70. The lowest BCUT2D eigenvalue weighted by Gasteiger charge is -2.07. The molecule has 0 radical (unpaired) electrons. The van der Waals surface area contributed by atoms with Crippen molar-refractivity contribution in [3.8, 4) is 5.75 Å². The minimum Gasteiger partial charge on any atom is -0.506 e. The molecular formula is C20H12Cl3NO2. The predicted molar refractivity (Wildman–Crippen MR) is 107 cm³/mol. The molecule has 3 aromatic rings. The molecule has 0 fully saturated rings. The summed E-state index contributed by atoms with van der Waals surface area (Å²) in [4.78, 5) is 17.1. The van der Waals surface area contributed by atoms with Gasteiger partial charge in [0.1, 0.15) is 5.75 Å². The van der Waals surface area contributed by atoms with Gasteiger partial charge in [-0.15, -0.1) is 0 Å². The van der Waals surface area contributed by atoms with Gasteiger partial charge < -0.3 is 5.11 Å². The first-order valence-electron chi connectivity index (χ1n) is 7.57. The molecule has 6 heteroatoms. The largest absolute Gasteiger partial charge is 0.506 e. The molecule has 0 amide bonds. The van der Waals surface area contributed by atoms with E-state index in [4.69, 9.17) is 34.8 Å². The number of benzene rings is 3. The van der Waals surface area contributed by atoms with E-state index in [-0.39, 0.29) is 16.6 Å². The van der Waals surface area contributed by atoms with Gasteiger partial charge in [-0.05, 0) is 30.3 Å². The van der Waals surface area contributed by atoms with Crippen LogP contribution in [0.3, 0.4) is 0 Å². The fourth-order valence-electron chi connectivity index (χ4n) is 2.37. The number of aliphatic imine (C=N–C) groups is 1. The highest BCUT2D eigenvalue weighted by Crippen LogP contribution is 2.31. The quantitative estimate of drug-likeness (QED) is 0.408. The lowest BCUT2D eigenvalue weighted by molar-refractivity contribution is 0.103. The van der Waals surface area contributed by atoms with Gasteiger partial charge in [-0.3, -0.25) is 9.79 Å². The van der Waals surface area contributed by atoms with Crippen molar-refractivity contribution in [3.63, 3.8) is 0 Å². The van der Waals surface area contributed by atoms with Crippen molar-refractivity contribution in [1.82, 2.24) is 0 Å². The molecule has 0 aliphatic heterocycles. The summed E-state index contributed by atoms with van der Waals surface area (Å²) in [6.45, 7) is 0. The standard InChI is InChI=1S/C20H12Cl3NO2/c21-14-6-7-18(16(9-14)19(25)12-4-2-1-3-5-12)24-11-13-8-15(22)10-17(23)20(13)26/h1-11,26H. The van der Waals surface area contributed by atoms with Crippen LogP contribution in [0.4, 0.5) is 5.69 Å². The maximum atomic E-state index is 12.8. The summed E-state index contributed by atoms with van der Waals surface area (Å²) >= 11 is 17.9. The normalized spacial score (nSPS) is 11.0. The number of halogens is 3. The number of aromatic hydroxyl groups is 1. The van der Waals surface area contributed by atoms with Gasteiger partial charge in [-0.2, -0.15) is 0 Å². The number of nitrogens with zero attached hydrogens (tertiary/aromatic N) is 1. The maximum absolute atomic E-state index is 12.8. The zero-order chi connectivity index (χ0) is 18.7. The number of phenols is 1. The van der Waals surface area contributed by atoms with Crippen LogP contribution in [0.15, 0.2) is 65.7 Å². The molecule has 0 saturated carbocycles. The third-order valence-electron chi connectivity index (χ3n) is 3.64. The van der Waals surface area contributed by atoms with Crippen molar-refractivity contribution in [2.24, 2.45) is 4.99 Å². The van der Waals surface area contributed by atoms with Crippen LogP contribution in [0.1, 0.15) is 21.5 Å². The Hall–Kier alpha value is -2.33. The Bertz CT molecular complexity index is 1000. The van der Waals surface area contributed by atoms with Gasteiger partial charge in [-0.1, -0.05) is 65.1 Å². The highest BCUT2D eigenvalue weighted by atomic mass is 35.5. The van der Waals surface area contributed by atoms with Crippen LogP contribution in [0.25, 0.3) is 0 Å². The fourth-order valence-corrected chi connectivity index (χ4v) is 3.05. The van der Waals surface area contributed by atoms with Gasteiger partial charge in [0.2, 0.25) is 0 Å². The molecule has 3 aromatic carbocycles. The van der Waals surface area contributed by atoms with Crippen LogP contribution in [0, 0.1) is 0 Å². The molecule has 0 aromatic heterocycles. The second kappa shape index (κ2) is 7.92. The maximum Gasteiger partial charge on any atom is 0.195 e. The first-order chi connectivity index (χ1) is 12.5. The van der Waals surface area contributed by atoms with Crippen LogP contribution in [0.5, 0.6) is 5.75 Å². The summed E-state index contributed by atoms with van der Waals surface area (Å²) in [6, 6.07) is 16.6. The van der Waals surface area contributed by atoms with E-state index in [1.165, 1.54) is 18.3 Å². The van der Waals surface area contributed by atoms with E-state index in [1.54, 1.807) is 42.5 Å². The van der Waals surface area contributed by atoms with Crippen LogP contribution < -0.4 is 0 Å². The van der Waals surface area contributed by atoms with E-state index in [0.29, 0.717) is 32.4 Å². The number of hydrogen-bond donors (Lipinski definition) is 1. The van der Waals surface area contributed by atoms with Crippen molar-refractivity contribution < 1.29 is 9.90 Å². The molecule has 0 aliphatic carbocycles. The number of rotatable bonds is 4. The van der Waals surface area contributed by atoms with E-state index in [0.717, 1.165) is 0 Å². The Morgan fingerprint density at radius 1 is 0.923 bits per heavy atom. The molecule has 3 nitrogen and oxygen atoms in total. The van der Waals surface area contributed by atoms with E-state index in [1.807, 2.05) is 6.07 Å². The summed E-state index contributed by atoms with van der Waals surface area (Å²) in [7, 11) is 0. The minimum atomic E-state index is -0.200. The molecule has 0 atom stereocenters. The lowest BCUT2D eigenvalue weighted by Crippen LogP contribution is -2.01. The number of phenolic OH excluding ortho intramolecular Hbond substituents is 1. The third kappa shape index (κ3) is 4.07. The van der Waals surface area contributed by atoms with Gasteiger partial charge in [0.25, 0.3) is 0 Å². The van der Waals surface area contributed by atoms with Crippen molar-refractivity contribution in [1.29, 1.82) is 0 Å². The molecule has 1 N–H and O–H groups in total. The third-order valence-corrected chi connectivity index (χ3v) is 4.38. The van der Waals surface area contributed by atoms with Gasteiger partial charge in [0.15, 0.2) is 5.78 Å². The Morgan fingerprint density at radius 2 is 1.65 bits per heavy atom. The fraction of sp³-hybridized carbons (Fsp3) is 0. The van der Waals surface area contributed by atoms with E-state index in [9.17, 15) is 9.90 Å². The molecular weight excluding hydrogens is 393 g/mol. The monoisotopic (exact) mass is 403 g/mol. The Labute approximate surface area is 165 Å². The SMILES string of the molecule is O=C(c1ccccc1)c1cc(Cl)ccc1N=Cc1cc(Cl)cc(Cl)c1O. The Kier molecular flexibility index (Phi) is 5.62. The number of ketones is 1. The van der Waals surface area contributed by atoms with Gasteiger partial charge >= 0.3 is 0 Å². The number of carbonyl (C=O) groups is 1. The molecule has 0 bridgehead atoms. The second-order valence-electron chi connectivity index (χ2n) is 5.44. The summed E-state index contributed by atoms with van der Waals surface area (Å²) in [5.74, 6) is -0.335. The Balaban J connectivity index is 2.03. The first kappa shape index (κ1) is 18.5. The van der Waals surface area contributed by atoms with E-state index in [2.05, 4.69) is 4.99 Å². The molecule has 0 aliphatic rings. The molecule has 130 valence electrons.